The highest BCUT2D eigenvalue weighted by Gasteiger charge is 2.29. The number of aromatic nitrogens is 4. The summed E-state index contributed by atoms with van der Waals surface area (Å²) in [7, 11) is 0. The second kappa shape index (κ2) is 8.39. The molecular formula is C19H20F2N6O3. The highest BCUT2D eigenvalue weighted by Crippen LogP contribution is 2.31. The molecule has 3 aromatic heterocycles. The lowest BCUT2D eigenvalue weighted by atomic mass is 10.3. The van der Waals surface area contributed by atoms with Gasteiger partial charge < -0.3 is 19.9 Å². The number of hydrogen-bond donors (Lipinski definition) is 2. The number of amides is 1. The maximum Gasteiger partial charge on any atom is 0.303 e. The van der Waals surface area contributed by atoms with Gasteiger partial charge in [0.25, 0.3) is 0 Å². The van der Waals surface area contributed by atoms with Gasteiger partial charge in [0, 0.05) is 37.7 Å². The van der Waals surface area contributed by atoms with Crippen molar-refractivity contribution >= 4 is 23.2 Å². The lowest BCUT2D eigenvalue weighted by Crippen LogP contribution is -2.14. The molecule has 0 spiro atoms. The molecule has 9 nitrogen and oxygen atoms in total. The van der Waals surface area contributed by atoms with Gasteiger partial charge in [-0.1, -0.05) is 5.16 Å². The molecule has 3 rings (SSSR count). The Morgan fingerprint density at radius 1 is 1.20 bits per heavy atom. The maximum atomic E-state index is 13.7. The molecule has 3 aromatic rings. The summed E-state index contributed by atoms with van der Waals surface area (Å²) in [6.07, 6.45) is 1.39. The van der Waals surface area contributed by atoms with E-state index in [1.807, 2.05) is 0 Å². The number of nitrogens with one attached hydrogen (secondary N) is 2. The molecule has 0 radical (unpaired) electrons. The minimum Gasteiger partial charge on any atom is -0.483 e. The number of ether oxygens (including phenoxy) is 1. The molecule has 2 N–H and O–H groups in total. The monoisotopic (exact) mass is 418 g/mol. The van der Waals surface area contributed by atoms with Crippen LogP contribution < -0.4 is 15.4 Å². The van der Waals surface area contributed by atoms with Gasteiger partial charge in [-0.2, -0.15) is 8.78 Å². The van der Waals surface area contributed by atoms with Crippen LogP contribution in [0.2, 0.25) is 0 Å². The zero-order valence-corrected chi connectivity index (χ0v) is 16.8. The third-order valence-corrected chi connectivity index (χ3v) is 3.73. The number of alkyl halides is 2. The number of carbonyl (C=O) groups excluding carboxylic acids is 1. The summed E-state index contributed by atoms with van der Waals surface area (Å²) in [4.78, 5) is 23.1. The summed E-state index contributed by atoms with van der Waals surface area (Å²) in [6.45, 7) is 5.50. The van der Waals surface area contributed by atoms with Crippen LogP contribution in [-0.2, 0) is 17.3 Å². The number of nitrogens with zero attached hydrogens (tertiary/aromatic N) is 4. The Labute approximate surface area is 170 Å². The zero-order chi connectivity index (χ0) is 21.9. The van der Waals surface area contributed by atoms with Crippen LogP contribution in [0.25, 0.3) is 0 Å². The van der Waals surface area contributed by atoms with E-state index < -0.39 is 11.7 Å². The predicted molar refractivity (Wildman–Crippen MR) is 104 cm³/mol. The number of carbonyl (C=O) groups is 1. The quantitative estimate of drug-likeness (QED) is 0.594. The Bertz CT molecular complexity index is 1060. The van der Waals surface area contributed by atoms with E-state index in [9.17, 15) is 13.6 Å². The van der Waals surface area contributed by atoms with Crippen molar-refractivity contribution < 1.29 is 22.8 Å². The van der Waals surface area contributed by atoms with E-state index in [1.165, 1.54) is 25.3 Å². The fraction of sp³-hybridized carbons (Fsp3) is 0.316. The lowest BCUT2D eigenvalue weighted by molar-refractivity contribution is -0.114. The number of halogens is 2. The van der Waals surface area contributed by atoms with Crippen LogP contribution in [0.5, 0.6) is 5.75 Å². The fourth-order valence-electron chi connectivity index (χ4n) is 2.51. The van der Waals surface area contributed by atoms with Crippen molar-refractivity contribution in [3.05, 3.63) is 47.4 Å². The van der Waals surface area contributed by atoms with Gasteiger partial charge in [0.2, 0.25) is 11.7 Å². The number of rotatable bonds is 7. The van der Waals surface area contributed by atoms with Crippen LogP contribution in [0.15, 0.2) is 28.9 Å². The number of anilines is 3. The number of aryl methyl sites for hydroxylation is 2. The SMILES string of the molecule is CC(=O)Nc1cc(Nc2cc(C)nc(C(C)(F)F)n2)c(OCc2cc(C)on2)cn1. The number of pyridine rings is 1. The van der Waals surface area contributed by atoms with Crippen LogP contribution in [0.4, 0.5) is 26.1 Å². The van der Waals surface area contributed by atoms with Gasteiger partial charge >= 0.3 is 5.92 Å². The highest BCUT2D eigenvalue weighted by molar-refractivity contribution is 5.88. The minimum absolute atomic E-state index is 0.0915. The molecule has 0 aromatic carbocycles. The van der Waals surface area contributed by atoms with Crippen LogP contribution in [0.1, 0.15) is 36.8 Å². The summed E-state index contributed by atoms with van der Waals surface area (Å²) >= 11 is 0. The molecule has 0 atom stereocenters. The third-order valence-electron chi connectivity index (χ3n) is 3.73. The van der Waals surface area contributed by atoms with Crippen molar-refractivity contribution in [2.45, 2.75) is 40.2 Å². The molecule has 11 heteroatoms. The molecule has 0 bridgehead atoms. The molecule has 0 aliphatic rings. The molecule has 0 unspecified atom stereocenters. The Hall–Kier alpha value is -3.63. The molecule has 158 valence electrons. The van der Waals surface area contributed by atoms with Crippen LogP contribution in [0.3, 0.4) is 0 Å². The van der Waals surface area contributed by atoms with Gasteiger partial charge in [0.1, 0.15) is 29.7 Å². The second-order valence-electron chi connectivity index (χ2n) is 6.70. The van der Waals surface area contributed by atoms with Gasteiger partial charge in [0.15, 0.2) is 5.75 Å². The van der Waals surface area contributed by atoms with E-state index in [4.69, 9.17) is 9.26 Å². The minimum atomic E-state index is -3.20. The van der Waals surface area contributed by atoms with E-state index in [0.717, 1.165) is 6.92 Å². The average Bonchev–Trinajstić information content (AvgIpc) is 3.04. The average molecular weight is 418 g/mol. The summed E-state index contributed by atoms with van der Waals surface area (Å²) in [5, 5.41) is 9.34. The van der Waals surface area contributed by atoms with Crippen LogP contribution >= 0.6 is 0 Å². The first-order chi connectivity index (χ1) is 14.1. The van der Waals surface area contributed by atoms with Crippen molar-refractivity contribution in [3.63, 3.8) is 0 Å². The van der Waals surface area contributed by atoms with Gasteiger partial charge in [-0.15, -0.1) is 0 Å². The van der Waals surface area contributed by atoms with E-state index in [-0.39, 0.29) is 24.1 Å². The molecule has 30 heavy (non-hydrogen) atoms. The van der Waals surface area contributed by atoms with Crippen molar-refractivity contribution in [2.75, 3.05) is 10.6 Å². The Balaban J connectivity index is 1.92. The Morgan fingerprint density at radius 2 is 1.97 bits per heavy atom. The molecular weight excluding hydrogens is 398 g/mol. The van der Waals surface area contributed by atoms with Crippen LogP contribution in [-0.4, -0.2) is 26.0 Å². The second-order valence-corrected chi connectivity index (χ2v) is 6.70. The van der Waals surface area contributed by atoms with E-state index in [0.29, 0.717) is 28.6 Å². The molecule has 0 aliphatic heterocycles. The van der Waals surface area contributed by atoms with E-state index in [1.54, 1.807) is 19.9 Å². The number of hydrogen-bond acceptors (Lipinski definition) is 8. The molecule has 0 saturated heterocycles. The topological polar surface area (TPSA) is 115 Å². The summed E-state index contributed by atoms with van der Waals surface area (Å²) < 4.78 is 38.1. The summed E-state index contributed by atoms with van der Waals surface area (Å²) in [6, 6.07) is 4.74. The van der Waals surface area contributed by atoms with Gasteiger partial charge in [-0.25, -0.2) is 15.0 Å². The molecule has 0 fully saturated rings. The summed E-state index contributed by atoms with van der Waals surface area (Å²) in [5.41, 5.74) is 1.29. The van der Waals surface area contributed by atoms with Gasteiger partial charge in [0.05, 0.1) is 11.9 Å². The first kappa shape index (κ1) is 21.1. The highest BCUT2D eigenvalue weighted by atomic mass is 19.3. The van der Waals surface area contributed by atoms with Crippen molar-refractivity contribution in [2.24, 2.45) is 0 Å². The fourth-order valence-corrected chi connectivity index (χ4v) is 2.51. The standard InChI is InChI=1S/C19H20F2N6O3/c1-10-5-17(26-18(23-10)19(4,20)21)25-14-7-16(24-12(3)28)22-8-15(14)29-9-13-6-11(2)30-27-13/h5-8H,9H2,1-4H3,(H2,22,23,24,25,26,28). The normalized spacial score (nSPS) is 11.3. The third kappa shape index (κ3) is 5.46. The summed E-state index contributed by atoms with van der Waals surface area (Å²) in [5.74, 6) is -2.80. The van der Waals surface area contributed by atoms with Crippen molar-refractivity contribution in [3.8, 4) is 5.75 Å². The Kier molecular flexibility index (Phi) is 5.90. The maximum absolute atomic E-state index is 13.7. The lowest BCUT2D eigenvalue weighted by Gasteiger charge is -2.15. The Morgan fingerprint density at radius 3 is 2.60 bits per heavy atom. The first-order valence-electron chi connectivity index (χ1n) is 8.94. The zero-order valence-electron chi connectivity index (χ0n) is 16.8. The van der Waals surface area contributed by atoms with E-state index in [2.05, 4.69) is 30.7 Å². The predicted octanol–water partition coefficient (Wildman–Crippen LogP) is 3.87. The van der Waals surface area contributed by atoms with Crippen molar-refractivity contribution in [1.82, 2.24) is 20.1 Å². The van der Waals surface area contributed by atoms with E-state index >= 15 is 0 Å². The van der Waals surface area contributed by atoms with Gasteiger partial charge in [-0.05, 0) is 13.8 Å². The first-order valence-corrected chi connectivity index (χ1v) is 8.94. The van der Waals surface area contributed by atoms with Gasteiger partial charge in [-0.3, -0.25) is 4.79 Å². The smallest absolute Gasteiger partial charge is 0.303 e. The molecule has 0 saturated carbocycles. The molecule has 1 amide bonds. The van der Waals surface area contributed by atoms with Crippen molar-refractivity contribution in [1.29, 1.82) is 0 Å². The molecule has 0 aliphatic carbocycles. The molecule has 3 heterocycles. The van der Waals surface area contributed by atoms with Crippen LogP contribution in [0, 0.1) is 13.8 Å². The largest absolute Gasteiger partial charge is 0.483 e.